The van der Waals surface area contributed by atoms with Crippen molar-refractivity contribution in [3.05, 3.63) is 79.0 Å². The molecule has 0 radical (unpaired) electrons. The second kappa shape index (κ2) is 8.62. The Labute approximate surface area is 157 Å². The summed E-state index contributed by atoms with van der Waals surface area (Å²) in [5, 5.41) is 5.95. The van der Waals surface area contributed by atoms with Crippen molar-refractivity contribution in [2.75, 3.05) is 24.3 Å². The Hall–Kier alpha value is -3.67. The number of hydrogen-bond donors (Lipinski definition) is 2. The number of ether oxygens (including phenoxy) is 1. The van der Waals surface area contributed by atoms with Crippen LogP contribution in [0.2, 0.25) is 0 Å². The molecule has 0 aliphatic carbocycles. The number of methoxy groups -OCH3 is 1. The number of nitrogens with zero attached hydrogens (tertiary/aromatic N) is 2. The third-order valence-electron chi connectivity index (χ3n) is 3.77. The molecule has 0 unspecified atom stereocenters. The fraction of sp³-hybridized carbons (Fsp3) is 0.0952. The molecule has 1 aromatic heterocycles. The van der Waals surface area contributed by atoms with E-state index in [0.717, 1.165) is 11.3 Å². The molecule has 3 rings (SSSR count). The van der Waals surface area contributed by atoms with Crippen molar-refractivity contribution in [3.8, 4) is 17.1 Å². The van der Waals surface area contributed by atoms with Gasteiger partial charge in [-0.05, 0) is 24.3 Å². The van der Waals surface area contributed by atoms with Gasteiger partial charge in [-0.3, -0.25) is 4.79 Å². The van der Waals surface area contributed by atoms with Crippen LogP contribution in [0.5, 0.6) is 5.75 Å². The van der Waals surface area contributed by atoms with Crippen LogP contribution >= 0.6 is 0 Å². The summed E-state index contributed by atoms with van der Waals surface area (Å²) in [7, 11) is 1.59. The van der Waals surface area contributed by atoms with Crippen molar-refractivity contribution in [2.45, 2.75) is 0 Å². The smallest absolute Gasteiger partial charge is 0.274 e. The number of aromatic nitrogens is 2. The highest BCUT2D eigenvalue weighted by Crippen LogP contribution is 2.20. The molecule has 136 valence electrons. The largest absolute Gasteiger partial charge is 0.497 e. The van der Waals surface area contributed by atoms with Crippen molar-refractivity contribution in [2.24, 2.45) is 0 Å². The van der Waals surface area contributed by atoms with E-state index in [1.165, 1.54) is 0 Å². The van der Waals surface area contributed by atoms with E-state index in [2.05, 4.69) is 27.2 Å². The molecule has 0 aliphatic heterocycles. The van der Waals surface area contributed by atoms with Crippen LogP contribution in [0.15, 0.2) is 73.3 Å². The summed E-state index contributed by atoms with van der Waals surface area (Å²) in [6, 6.07) is 18.2. The minimum atomic E-state index is -0.318. The van der Waals surface area contributed by atoms with Crippen LogP contribution in [0.3, 0.4) is 0 Å². The summed E-state index contributed by atoms with van der Waals surface area (Å²) in [5.41, 5.74) is 1.76. The molecular weight excluding hydrogens is 340 g/mol. The Kier molecular flexibility index (Phi) is 5.79. The van der Waals surface area contributed by atoms with E-state index in [0.29, 0.717) is 23.9 Å². The Balaban J connectivity index is 1.89. The third kappa shape index (κ3) is 4.70. The van der Waals surface area contributed by atoms with Gasteiger partial charge in [-0.25, -0.2) is 9.97 Å². The van der Waals surface area contributed by atoms with Crippen LogP contribution in [-0.4, -0.2) is 29.5 Å². The normalized spacial score (nSPS) is 10.1. The highest BCUT2D eigenvalue weighted by molar-refractivity contribution is 6.03. The van der Waals surface area contributed by atoms with Crippen LogP contribution < -0.4 is 15.4 Å². The first kappa shape index (κ1) is 18.1. The average molecular weight is 360 g/mol. The standard InChI is InChI=1S/C21H20N4O2/c1-3-13-22-19-14-18(24-20(25-19)15-7-5-4-6-8-15)21(26)23-16-9-11-17(27-2)12-10-16/h3-12,14H,1,13H2,2H3,(H,23,26)(H,22,24,25). The molecule has 6 heteroatoms. The molecule has 2 N–H and O–H groups in total. The van der Waals surface area contributed by atoms with Crippen molar-refractivity contribution in [3.63, 3.8) is 0 Å². The maximum Gasteiger partial charge on any atom is 0.274 e. The molecule has 1 amide bonds. The van der Waals surface area contributed by atoms with Gasteiger partial charge in [0.2, 0.25) is 0 Å². The molecule has 2 aromatic carbocycles. The second-order valence-electron chi connectivity index (χ2n) is 5.68. The summed E-state index contributed by atoms with van der Waals surface area (Å²) in [6.07, 6.45) is 1.72. The first-order chi connectivity index (χ1) is 13.2. The van der Waals surface area contributed by atoms with E-state index < -0.39 is 0 Å². The first-order valence-electron chi connectivity index (χ1n) is 8.44. The van der Waals surface area contributed by atoms with Gasteiger partial charge < -0.3 is 15.4 Å². The number of anilines is 2. The molecule has 6 nitrogen and oxygen atoms in total. The Morgan fingerprint density at radius 2 is 1.85 bits per heavy atom. The summed E-state index contributed by atoms with van der Waals surface area (Å²) in [5.74, 6) is 1.44. The number of benzene rings is 2. The highest BCUT2D eigenvalue weighted by atomic mass is 16.5. The van der Waals surface area contributed by atoms with E-state index in [-0.39, 0.29) is 11.6 Å². The third-order valence-corrected chi connectivity index (χ3v) is 3.77. The molecule has 0 fully saturated rings. The summed E-state index contributed by atoms with van der Waals surface area (Å²) >= 11 is 0. The lowest BCUT2D eigenvalue weighted by atomic mass is 10.2. The molecule has 1 heterocycles. The highest BCUT2D eigenvalue weighted by Gasteiger charge is 2.13. The van der Waals surface area contributed by atoms with Gasteiger partial charge in [0.05, 0.1) is 7.11 Å². The minimum Gasteiger partial charge on any atom is -0.497 e. The number of rotatable bonds is 7. The van der Waals surface area contributed by atoms with Crippen LogP contribution in [0, 0.1) is 0 Å². The van der Waals surface area contributed by atoms with Gasteiger partial charge in [-0.2, -0.15) is 0 Å². The van der Waals surface area contributed by atoms with E-state index in [1.54, 1.807) is 43.5 Å². The Morgan fingerprint density at radius 1 is 1.11 bits per heavy atom. The number of hydrogen-bond acceptors (Lipinski definition) is 5. The van der Waals surface area contributed by atoms with Crippen molar-refractivity contribution < 1.29 is 9.53 Å². The zero-order valence-electron chi connectivity index (χ0n) is 15.0. The second-order valence-corrected chi connectivity index (χ2v) is 5.68. The fourth-order valence-electron chi connectivity index (χ4n) is 2.42. The lowest BCUT2D eigenvalue weighted by Crippen LogP contribution is -2.15. The van der Waals surface area contributed by atoms with Gasteiger partial charge in [0.15, 0.2) is 5.82 Å². The maximum atomic E-state index is 12.7. The topological polar surface area (TPSA) is 76.1 Å². The molecule has 0 saturated heterocycles. The predicted molar refractivity (Wildman–Crippen MR) is 107 cm³/mol. The Bertz CT molecular complexity index is 925. The number of carbonyl (C=O) groups excluding carboxylic acids is 1. The number of amides is 1. The number of carbonyl (C=O) groups is 1. The molecular formula is C21H20N4O2. The molecule has 0 spiro atoms. The lowest BCUT2D eigenvalue weighted by molar-refractivity contribution is 0.102. The molecule has 27 heavy (non-hydrogen) atoms. The van der Waals surface area contributed by atoms with E-state index in [1.807, 2.05) is 30.3 Å². The number of nitrogens with one attached hydrogen (secondary N) is 2. The molecule has 3 aromatic rings. The predicted octanol–water partition coefficient (Wildman–Crippen LogP) is 4.00. The van der Waals surface area contributed by atoms with Crippen LogP contribution in [0.25, 0.3) is 11.4 Å². The van der Waals surface area contributed by atoms with Crippen LogP contribution in [0.4, 0.5) is 11.5 Å². The Morgan fingerprint density at radius 3 is 2.52 bits per heavy atom. The molecule has 0 aliphatic rings. The molecule has 0 saturated carbocycles. The van der Waals surface area contributed by atoms with Gasteiger partial charge in [-0.1, -0.05) is 36.4 Å². The van der Waals surface area contributed by atoms with E-state index in [9.17, 15) is 4.79 Å². The lowest BCUT2D eigenvalue weighted by Gasteiger charge is -2.10. The van der Waals surface area contributed by atoms with E-state index >= 15 is 0 Å². The fourth-order valence-corrected chi connectivity index (χ4v) is 2.42. The quantitative estimate of drug-likeness (QED) is 0.623. The zero-order valence-corrected chi connectivity index (χ0v) is 15.0. The van der Waals surface area contributed by atoms with E-state index in [4.69, 9.17) is 4.74 Å². The van der Waals surface area contributed by atoms with Crippen LogP contribution in [0.1, 0.15) is 10.5 Å². The summed E-state index contributed by atoms with van der Waals surface area (Å²) in [6.45, 7) is 4.22. The minimum absolute atomic E-state index is 0.270. The SMILES string of the molecule is C=CCNc1cc(C(=O)Nc2ccc(OC)cc2)nc(-c2ccccc2)n1. The van der Waals surface area contributed by atoms with Gasteiger partial charge in [0.25, 0.3) is 5.91 Å². The van der Waals surface area contributed by atoms with Gasteiger partial charge in [0.1, 0.15) is 17.3 Å². The van der Waals surface area contributed by atoms with Crippen LogP contribution in [-0.2, 0) is 0 Å². The van der Waals surface area contributed by atoms with Crippen molar-refractivity contribution >= 4 is 17.4 Å². The van der Waals surface area contributed by atoms with Crippen molar-refractivity contribution in [1.82, 2.24) is 9.97 Å². The summed E-state index contributed by atoms with van der Waals surface area (Å²) < 4.78 is 5.13. The first-order valence-corrected chi connectivity index (χ1v) is 8.44. The summed E-state index contributed by atoms with van der Waals surface area (Å²) in [4.78, 5) is 21.6. The van der Waals surface area contributed by atoms with Crippen molar-refractivity contribution in [1.29, 1.82) is 0 Å². The monoisotopic (exact) mass is 360 g/mol. The van der Waals surface area contributed by atoms with Gasteiger partial charge in [-0.15, -0.1) is 6.58 Å². The molecule has 0 bridgehead atoms. The van der Waals surface area contributed by atoms with Gasteiger partial charge in [0, 0.05) is 23.9 Å². The molecule has 0 atom stereocenters. The van der Waals surface area contributed by atoms with Gasteiger partial charge >= 0.3 is 0 Å². The zero-order chi connectivity index (χ0) is 19.1. The average Bonchev–Trinajstić information content (AvgIpc) is 2.73. The maximum absolute atomic E-state index is 12.7.